The van der Waals surface area contributed by atoms with Gasteiger partial charge in [-0.2, -0.15) is 0 Å². The Balaban J connectivity index is 1.78. The van der Waals surface area contributed by atoms with Crippen molar-refractivity contribution in [1.82, 2.24) is 0 Å². The van der Waals surface area contributed by atoms with Gasteiger partial charge in [0, 0.05) is 17.8 Å². The lowest BCUT2D eigenvalue weighted by Crippen LogP contribution is -2.05. The van der Waals surface area contributed by atoms with Gasteiger partial charge in [0.2, 0.25) is 0 Å². The van der Waals surface area contributed by atoms with Crippen LogP contribution in [0.2, 0.25) is 5.02 Å². The Morgan fingerprint density at radius 2 is 2.00 bits per heavy atom. The fraction of sp³-hybridized carbons (Fsp3) is 0.174. The van der Waals surface area contributed by atoms with E-state index in [9.17, 15) is 14.3 Å². The summed E-state index contributed by atoms with van der Waals surface area (Å²) in [7, 11) is 1.52. The van der Waals surface area contributed by atoms with Crippen LogP contribution in [0.1, 0.15) is 27.0 Å². The van der Waals surface area contributed by atoms with Crippen molar-refractivity contribution in [2.75, 3.05) is 12.4 Å². The van der Waals surface area contributed by atoms with Crippen molar-refractivity contribution in [3.63, 3.8) is 0 Å². The van der Waals surface area contributed by atoms with Crippen LogP contribution in [0.5, 0.6) is 11.5 Å². The Bertz CT molecular complexity index is 1100. The van der Waals surface area contributed by atoms with E-state index in [1.807, 2.05) is 13.0 Å². The molecular formula is C23H20BrClFNO4. The molecule has 0 aliphatic heterocycles. The first-order valence-electron chi connectivity index (χ1n) is 9.30. The molecule has 8 heteroatoms. The highest BCUT2D eigenvalue weighted by Gasteiger charge is 2.15. The number of methoxy groups -OCH3 is 1. The van der Waals surface area contributed by atoms with Gasteiger partial charge in [-0.15, -0.1) is 0 Å². The maximum absolute atomic E-state index is 14.0. The molecule has 3 rings (SSSR count). The largest absolute Gasteiger partial charge is 0.493 e. The van der Waals surface area contributed by atoms with Crippen molar-refractivity contribution in [2.24, 2.45) is 0 Å². The summed E-state index contributed by atoms with van der Waals surface area (Å²) in [5.41, 5.74) is 3.00. The minimum absolute atomic E-state index is 0.0563. The molecule has 3 aromatic carbocycles. The number of ether oxygens (including phenoxy) is 2. The van der Waals surface area contributed by atoms with Crippen LogP contribution in [0.4, 0.5) is 10.1 Å². The first-order valence-corrected chi connectivity index (χ1v) is 10.5. The van der Waals surface area contributed by atoms with E-state index in [-0.39, 0.29) is 22.8 Å². The molecular weight excluding hydrogens is 489 g/mol. The second-order valence-electron chi connectivity index (χ2n) is 6.79. The number of hydrogen-bond acceptors (Lipinski definition) is 4. The number of hydrogen-bond donors (Lipinski definition) is 2. The number of rotatable bonds is 8. The summed E-state index contributed by atoms with van der Waals surface area (Å²) >= 11 is 9.55. The number of aryl methyl sites for hydroxylation is 1. The number of halogens is 3. The number of carboxylic acids is 1. The van der Waals surface area contributed by atoms with Crippen molar-refractivity contribution >= 4 is 39.2 Å². The summed E-state index contributed by atoms with van der Waals surface area (Å²) in [5.74, 6) is -0.532. The quantitative estimate of drug-likeness (QED) is 0.366. The highest BCUT2D eigenvalue weighted by atomic mass is 79.9. The van der Waals surface area contributed by atoms with Crippen molar-refractivity contribution in [1.29, 1.82) is 0 Å². The molecule has 0 aliphatic rings. The Labute approximate surface area is 192 Å². The van der Waals surface area contributed by atoms with Crippen molar-refractivity contribution in [3.8, 4) is 11.5 Å². The molecule has 0 fully saturated rings. The highest BCUT2D eigenvalue weighted by Crippen LogP contribution is 2.38. The molecule has 3 aromatic rings. The van der Waals surface area contributed by atoms with Crippen LogP contribution in [-0.2, 0) is 13.2 Å². The second kappa shape index (κ2) is 10.0. The topological polar surface area (TPSA) is 67.8 Å². The Kier molecular flexibility index (Phi) is 7.41. The number of nitrogens with one attached hydrogen (secondary N) is 1. The molecule has 0 saturated carbocycles. The van der Waals surface area contributed by atoms with Gasteiger partial charge in [-0.3, -0.25) is 0 Å². The Hall–Kier alpha value is -2.77. The third kappa shape index (κ3) is 5.48. The molecule has 0 atom stereocenters. The first kappa shape index (κ1) is 22.9. The molecule has 0 aliphatic carbocycles. The summed E-state index contributed by atoms with van der Waals surface area (Å²) in [6, 6.07) is 13.0. The molecule has 162 valence electrons. The van der Waals surface area contributed by atoms with Crippen LogP contribution in [0.25, 0.3) is 0 Å². The predicted octanol–water partition coefficient (Wildman–Crippen LogP) is 6.45. The second-order valence-corrected chi connectivity index (χ2v) is 8.05. The van der Waals surface area contributed by atoms with E-state index < -0.39 is 11.8 Å². The van der Waals surface area contributed by atoms with E-state index in [0.29, 0.717) is 22.5 Å². The zero-order valence-corrected chi connectivity index (χ0v) is 19.2. The lowest BCUT2D eigenvalue weighted by Gasteiger charge is -2.16. The van der Waals surface area contributed by atoms with E-state index in [1.165, 1.54) is 19.2 Å². The number of carbonyl (C=O) groups is 1. The van der Waals surface area contributed by atoms with Gasteiger partial charge in [-0.25, -0.2) is 9.18 Å². The summed E-state index contributed by atoms with van der Waals surface area (Å²) in [5, 5.41) is 12.7. The van der Waals surface area contributed by atoms with Crippen molar-refractivity contribution < 1.29 is 23.8 Å². The van der Waals surface area contributed by atoms with Gasteiger partial charge < -0.3 is 19.9 Å². The standard InChI is InChI=1S/C23H20BrClFNO4/c1-13-6-7-15(23(28)29)10-20(13)27-11-14-8-17(24)22(21(9-14)30-2)31-12-16-18(25)4-3-5-19(16)26/h3-10,27H,11-12H2,1-2H3,(H,28,29). The predicted molar refractivity (Wildman–Crippen MR) is 122 cm³/mol. The summed E-state index contributed by atoms with van der Waals surface area (Å²) < 4.78 is 25.9. The van der Waals surface area contributed by atoms with Gasteiger partial charge in [-0.1, -0.05) is 23.7 Å². The van der Waals surface area contributed by atoms with Gasteiger partial charge in [-0.05, 0) is 70.4 Å². The first-order chi connectivity index (χ1) is 14.8. The average molecular weight is 509 g/mol. The normalized spacial score (nSPS) is 10.6. The van der Waals surface area contributed by atoms with Crippen LogP contribution in [-0.4, -0.2) is 18.2 Å². The molecule has 0 amide bonds. The molecule has 0 aromatic heterocycles. The fourth-order valence-electron chi connectivity index (χ4n) is 2.97. The van der Waals surface area contributed by atoms with Gasteiger partial charge >= 0.3 is 5.97 Å². The third-order valence-corrected chi connectivity index (χ3v) is 5.62. The maximum Gasteiger partial charge on any atom is 0.335 e. The number of carboxylic acid groups (broad SMARTS) is 1. The molecule has 0 spiro atoms. The molecule has 31 heavy (non-hydrogen) atoms. The van der Waals surface area contributed by atoms with Crippen LogP contribution in [0.3, 0.4) is 0 Å². The fourth-order valence-corrected chi connectivity index (χ4v) is 3.79. The molecule has 0 bridgehead atoms. The zero-order chi connectivity index (χ0) is 22.5. The van der Waals surface area contributed by atoms with E-state index in [1.54, 1.807) is 30.3 Å². The van der Waals surface area contributed by atoms with E-state index in [4.69, 9.17) is 21.1 Å². The SMILES string of the molecule is COc1cc(CNc2cc(C(=O)O)ccc2C)cc(Br)c1OCc1c(F)cccc1Cl. The smallest absolute Gasteiger partial charge is 0.335 e. The van der Waals surface area contributed by atoms with Crippen LogP contribution in [0, 0.1) is 12.7 Å². The summed E-state index contributed by atoms with van der Waals surface area (Å²) in [6.45, 7) is 2.27. The van der Waals surface area contributed by atoms with Gasteiger partial charge in [0.05, 0.1) is 22.2 Å². The third-order valence-electron chi connectivity index (χ3n) is 4.68. The number of benzene rings is 3. The Morgan fingerprint density at radius 3 is 2.68 bits per heavy atom. The van der Waals surface area contributed by atoms with Crippen molar-refractivity contribution in [3.05, 3.63) is 86.1 Å². The average Bonchev–Trinajstić information content (AvgIpc) is 2.73. The molecule has 0 radical (unpaired) electrons. The summed E-state index contributed by atoms with van der Waals surface area (Å²) in [4.78, 5) is 11.2. The molecule has 2 N–H and O–H groups in total. The van der Waals surface area contributed by atoms with Gasteiger partial charge in [0.1, 0.15) is 12.4 Å². The lowest BCUT2D eigenvalue weighted by atomic mass is 10.1. The van der Waals surface area contributed by atoms with Crippen LogP contribution in [0.15, 0.2) is 53.0 Å². The highest BCUT2D eigenvalue weighted by molar-refractivity contribution is 9.10. The molecule has 0 saturated heterocycles. The van der Waals surface area contributed by atoms with Gasteiger partial charge in [0.15, 0.2) is 11.5 Å². The monoisotopic (exact) mass is 507 g/mol. The van der Waals surface area contributed by atoms with E-state index in [0.717, 1.165) is 16.8 Å². The van der Waals surface area contributed by atoms with Crippen LogP contribution >= 0.6 is 27.5 Å². The van der Waals surface area contributed by atoms with Crippen LogP contribution < -0.4 is 14.8 Å². The zero-order valence-electron chi connectivity index (χ0n) is 16.8. The summed E-state index contributed by atoms with van der Waals surface area (Å²) in [6.07, 6.45) is 0. The number of aromatic carboxylic acids is 1. The van der Waals surface area contributed by atoms with Crippen molar-refractivity contribution in [2.45, 2.75) is 20.1 Å². The van der Waals surface area contributed by atoms with E-state index >= 15 is 0 Å². The molecule has 5 nitrogen and oxygen atoms in total. The number of anilines is 1. The lowest BCUT2D eigenvalue weighted by molar-refractivity contribution is 0.0697. The maximum atomic E-state index is 14.0. The van der Waals surface area contributed by atoms with E-state index in [2.05, 4.69) is 21.2 Å². The Morgan fingerprint density at radius 1 is 1.23 bits per heavy atom. The van der Waals surface area contributed by atoms with Gasteiger partial charge in [0.25, 0.3) is 0 Å². The minimum Gasteiger partial charge on any atom is -0.493 e. The molecule has 0 unspecified atom stereocenters. The minimum atomic E-state index is -0.982. The molecule has 0 heterocycles.